The van der Waals surface area contributed by atoms with Crippen LogP contribution in [0, 0.1) is 23.2 Å². The number of carbonyl (C=O) groups excluding carboxylic acids is 2. The molecule has 4 atom stereocenters. The highest BCUT2D eigenvalue weighted by molar-refractivity contribution is 6.30. The fraction of sp³-hybridized carbons (Fsp3) is 0.375. The number of morpholine rings is 1. The van der Waals surface area contributed by atoms with Gasteiger partial charge in [-0.2, -0.15) is 5.26 Å². The molecule has 0 aromatic heterocycles. The Labute approximate surface area is 190 Å². The summed E-state index contributed by atoms with van der Waals surface area (Å²) in [6.07, 6.45) is 0. The average Bonchev–Trinajstić information content (AvgIpc) is 3.13. The lowest BCUT2D eigenvalue weighted by Crippen LogP contribution is -2.58. The largest absolute Gasteiger partial charge is 0.366 e. The van der Waals surface area contributed by atoms with E-state index in [0.29, 0.717) is 23.8 Å². The van der Waals surface area contributed by atoms with Crippen LogP contribution in [0.2, 0.25) is 5.02 Å². The number of fused-ring (bicyclic) bond motifs is 5. The predicted octanol–water partition coefficient (Wildman–Crippen LogP) is 3.85. The van der Waals surface area contributed by atoms with E-state index in [9.17, 15) is 14.0 Å². The minimum absolute atomic E-state index is 0.158. The third-order valence-corrected chi connectivity index (χ3v) is 7.15. The van der Waals surface area contributed by atoms with Crippen molar-refractivity contribution in [2.75, 3.05) is 22.9 Å². The molecule has 0 saturated carbocycles. The van der Waals surface area contributed by atoms with Gasteiger partial charge in [-0.3, -0.25) is 9.59 Å². The Balaban J connectivity index is 1.52. The van der Waals surface area contributed by atoms with E-state index in [1.165, 1.54) is 18.2 Å². The highest BCUT2D eigenvalue weighted by atomic mass is 35.5. The summed E-state index contributed by atoms with van der Waals surface area (Å²) in [5.74, 6) is -2.00. The minimum atomic E-state index is -0.867. The number of nitrogens with zero attached hydrogens (tertiary/aromatic N) is 3. The van der Waals surface area contributed by atoms with E-state index in [0.717, 1.165) is 10.6 Å². The number of alkyl halides is 1. The molecule has 3 fully saturated rings. The van der Waals surface area contributed by atoms with E-state index >= 15 is 0 Å². The Bertz CT molecular complexity index is 1140. The third-order valence-electron chi connectivity index (χ3n) is 6.90. The van der Waals surface area contributed by atoms with Crippen molar-refractivity contribution >= 4 is 34.8 Å². The summed E-state index contributed by atoms with van der Waals surface area (Å²) >= 11 is 6.03. The van der Waals surface area contributed by atoms with Crippen LogP contribution in [0.3, 0.4) is 0 Å². The maximum atomic E-state index is 13.6. The van der Waals surface area contributed by atoms with Gasteiger partial charge in [-0.25, -0.2) is 9.29 Å². The van der Waals surface area contributed by atoms with Gasteiger partial charge in [-0.05, 0) is 56.3 Å². The van der Waals surface area contributed by atoms with Gasteiger partial charge in [-0.1, -0.05) is 11.6 Å². The Hall–Kier alpha value is -2.95. The van der Waals surface area contributed by atoms with Crippen molar-refractivity contribution in [1.29, 1.82) is 5.26 Å². The molecule has 0 radical (unpaired) electrons. The van der Waals surface area contributed by atoms with Gasteiger partial charge in [0.25, 0.3) is 0 Å². The molecule has 0 N–H and O–H groups in total. The molecule has 2 aromatic rings. The van der Waals surface area contributed by atoms with Crippen LogP contribution in [-0.2, 0) is 21.0 Å². The molecule has 3 saturated heterocycles. The van der Waals surface area contributed by atoms with Crippen molar-refractivity contribution in [3.63, 3.8) is 0 Å². The number of ether oxygens (including phenoxy) is 1. The lowest BCUT2D eigenvalue weighted by Gasteiger charge is -2.46. The van der Waals surface area contributed by atoms with E-state index in [2.05, 4.69) is 4.90 Å². The van der Waals surface area contributed by atoms with Crippen LogP contribution in [0.25, 0.3) is 0 Å². The standard InChI is InChI=1S/C24H21ClFN3O3/c1-23-12-28(17-7-4-16(25)5-8-17)13-24(2,32-23)20-19(23)21(30)29(22(20)31)18-6-3-14(11-27)15(9-18)10-26/h3-9,19-20H,10,12-13H2,1-2H3/t19-,20+,23-,24+. The topological polar surface area (TPSA) is 73.6 Å². The molecule has 3 aliphatic heterocycles. The molecule has 0 unspecified atom stereocenters. The Morgan fingerprint density at radius 1 is 1.06 bits per heavy atom. The van der Waals surface area contributed by atoms with Gasteiger partial charge in [0.1, 0.15) is 6.67 Å². The number of imide groups is 1. The van der Waals surface area contributed by atoms with Crippen LogP contribution < -0.4 is 9.80 Å². The number of amides is 2. The molecule has 3 heterocycles. The minimum Gasteiger partial charge on any atom is -0.366 e. The number of halogens is 2. The zero-order valence-corrected chi connectivity index (χ0v) is 18.4. The first kappa shape index (κ1) is 20.9. The average molecular weight is 454 g/mol. The second kappa shape index (κ2) is 7.03. The first-order valence-corrected chi connectivity index (χ1v) is 10.8. The highest BCUT2D eigenvalue weighted by Crippen LogP contribution is 2.56. The van der Waals surface area contributed by atoms with Gasteiger partial charge in [0.05, 0.1) is 40.4 Å². The van der Waals surface area contributed by atoms with Crippen molar-refractivity contribution in [3.8, 4) is 6.07 Å². The lowest BCUT2D eigenvalue weighted by molar-refractivity contribution is -0.141. The van der Waals surface area contributed by atoms with Crippen LogP contribution in [0.4, 0.5) is 15.8 Å². The second-order valence-corrected chi connectivity index (χ2v) is 9.55. The number of rotatable bonds is 3. The van der Waals surface area contributed by atoms with Crippen molar-refractivity contribution < 1.29 is 18.7 Å². The SMILES string of the molecule is C[C@]12CN(c3ccc(Cl)cc3)C[C@](C)(O1)[C@@H]1C(=O)N(c3ccc(C#N)c(CF)c3)C(=O)[C@@H]12. The molecule has 3 aliphatic rings. The van der Waals surface area contributed by atoms with Gasteiger partial charge >= 0.3 is 0 Å². The molecular weight excluding hydrogens is 433 g/mol. The summed E-state index contributed by atoms with van der Waals surface area (Å²) in [5.41, 5.74) is -0.144. The molecule has 32 heavy (non-hydrogen) atoms. The molecule has 164 valence electrons. The van der Waals surface area contributed by atoms with Crippen molar-refractivity contribution in [3.05, 3.63) is 58.6 Å². The van der Waals surface area contributed by atoms with E-state index < -0.39 is 29.7 Å². The lowest BCUT2D eigenvalue weighted by atomic mass is 9.79. The number of hydrogen-bond acceptors (Lipinski definition) is 5. The number of nitriles is 1. The van der Waals surface area contributed by atoms with Crippen LogP contribution in [0.15, 0.2) is 42.5 Å². The zero-order chi connectivity index (χ0) is 22.8. The Morgan fingerprint density at radius 3 is 2.16 bits per heavy atom. The maximum absolute atomic E-state index is 13.6. The molecule has 5 rings (SSSR count). The van der Waals surface area contributed by atoms with Crippen molar-refractivity contribution in [2.45, 2.75) is 31.7 Å². The first-order valence-electron chi connectivity index (χ1n) is 10.4. The van der Waals surface area contributed by atoms with Crippen molar-refractivity contribution in [2.24, 2.45) is 11.8 Å². The molecule has 2 amide bonds. The summed E-state index contributed by atoms with van der Waals surface area (Å²) < 4.78 is 19.8. The van der Waals surface area contributed by atoms with E-state index in [1.807, 2.05) is 44.2 Å². The zero-order valence-electron chi connectivity index (χ0n) is 17.6. The van der Waals surface area contributed by atoms with E-state index in [-0.39, 0.29) is 22.9 Å². The Kier molecular flexibility index (Phi) is 4.59. The van der Waals surface area contributed by atoms with Crippen molar-refractivity contribution in [1.82, 2.24) is 0 Å². The van der Waals surface area contributed by atoms with Gasteiger partial charge < -0.3 is 9.64 Å². The summed E-state index contributed by atoms with van der Waals surface area (Å²) in [5, 5.41) is 9.79. The molecule has 2 bridgehead atoms. The monoisotopic (exact) mass is 453 g/mol. The number of anilines is 2. The third kappa shape index (κ3) is 2.86. The summed E-state index contributed by atoms with van der Waals surface area (Å²) in [6.45, 7) is 3.79. The molecule has 0 aliphatic carbocycles. The molecular formula is C24H21ClFN3O3. The molecule has 0 spiro atoms. The molecule has 8 heteroatoms. The second-order valence-electron chi connectivity index (χ2n) is 9.11. The fourth-order valence-corrected chi connectivity index (χ4v) is 5.79. The normalized spacial score (nSPS) is 31.1. The summed E-state index contributed by atoms with van der Waals surface area (Å²) in [7, 11) is 0. The molecule has 2 aromatic carbocycles. The number of carbonyl (C=O) groups is 2. The predicted molar refractivity (Wildman–Crippen MR) is 117 cm³/mol. The van der Waals surface area contributed by atoms with E-state index in [4.69, 9.17) is 21.6 Å². The summed E-state index contributed by atoms with van der Waals surface area (Å²) in [6, 6.07) is 13.8. The van der Waals surface area contributed by atoms with Gasteiger partial charge in [0.2, 0.25) is 11.8 Å². The molecule has 6 nitrogen and oxygen atoms in total. The fourth-order valence-electron chi connectivity index (χ4n) is 5.66. The Morgan fingerprint density at radius 2 is 1.62 bits per heavy atom. The van der Waals surface area contributed by atoms with E-state index in [1.54, 1.807) is 0 Å². The smallest absolute Gasteiger partial charge is 0.240 e. The van der Waals surface area contributed by atoms with Gasteiger partial charge in [0, 0.05) is 29.4 Å². The highest BCUT2D eigenvalue weighted by Gasteiger charge is 2.71. The van der Waals surface area contributed by atoms with Gasteiger partial charge in [-0.15, -0.1) is 0 Å². The summed E-state index contributed by atoms with van der Waals surface area (Å²) in [4.78, 5) is 30.4. The number of benzene rings is 2. The van der Waals surface area contributed by atoms with Crippen LogP contribution >= 0.6 is 11.6 Å². The van der Waals surface area contributed by atoms with Crippen LogP contribution in [0.5, 0.6) is 0 Å². The first-order chi connectivity index (χ1) is 15.2. The van der Waals surface area contributed by atoms with Gasteiger partial charge in [0.15, 0.2) is 0 Å². The number of hydrogen-bond donors (Lipinski definition) is 0. The maximum Gasteiger partial charge on any atom is 0.240 e. The quantitative estimate of drug-likeness (QED) is 0.660. The van der Waals surface area contributed by atoms with Crippen LogP contribution in [-0.4, -0.2) is 36.1 Å². The van der Waals surface area contributed by atoms with Crippen LogP contribution in [0.1, 0.15) is 25.0 Å².